The van der Waals surface area contributed by atoms with Gasteiger partial charge in [0.25, 0.3) is 0 Å². The molecule has 0 heterocycles. The Morgan fingerprint density at radius 3 is 2.16 bits per heavy atom. The summed E-state index contributed by atoms with van der Waals surface area (Å²) >= 11 is 0. The second-order valence-corrected chi connectivity index (χ2v) is 10.6. The van der Waals surface area contributed by atoms with E-state index < -0.39 is 8.32 Å². The molecule has 0 aliphatic carbocycles. The van der Waals surface area contributed by atoms with Crippen LogP contribution >= 0.6 is 0 Å². The van der Waals surface area contributed by atoms with Gasteiger partial charge in [-0.1, -0.05) is 51.1 Å². The SMILES string of the molecule is CN(C)C(=O)CC[Si](O)(c1ccccc1)C(C)(C)C. The third-order valence-electron chi connectivity index (χ3n) is 3.69. The average molecular weight is 279 g/mol. The molecule has 4 heteroatoms. The molecule has 1 atom stereocenters. The number of hydrogen-bond donors (Lipinski definition) is 1. The van der Waals surface area contributed by atoms with Crippen LogP contribution in [0.3, 0.4) is 0 Å². The first-order chi connectivity index (χ1) is 8.68. The number of carbonyl (C=O) groups excluding carboxylic acids is 1. The molecule has 1 N–H and O–H groups in total. The fourth-order valence-corrected chi connectivity index (χ4v) is 5.40. The number of amides is 1. The largest absolute Gasteiger partial charge is 0.427 e. The van der Waals surface area contributed by atoms with Gasteiger partial charge in [-0.05, 0) is 16.3 Å². The molecule has 1 amide bonds. The van der Waals surface area contributed by atoms with Gasteiger partial charge in [0.05, 0.1) is 0 Å². The van der Waals surface area contributed by atoms with Crippen molar-refractivity contribution in [1.82, 2.24) is 4.90 Å². The van der Waals surface area contributed by atoms with Crippen molar-refractivity contribution < 1.29 is 9.59 Å². The van der Waals surface area contributed by atoms with Gasteiger partial charge in [0.2, 0.25) is 14.2 Å². The maximum Gasteiger partial charge on any atom is 0.225 e. The molecular weight excluding hydrogens is 254 g/mol. The van der Waals surface area contributed by atoms with Crippen LogP contribution in [0.25, 0.3) is 0 Å². The van der Waals surface area contributed by atoms with E-state index in [2.05, 4.69) is 20.8 Å². The van der Waals surface area contributed by atoms with Gasteiger partial charge in [-0.3, -0.25) is 4.79 Å². The minimum absolute atomic E-state index is 0.0751. The number of benzene rings is 1. The maximum atomic E-state index is 11.8. The van der Waals surface area contributed by atoms with Gasteiger partial charge >= 0.3 is 0 Å². The van der Waals surface area contributed by atoms with E-state index in [1.807, 2.05) is 30.3 Å². The van der Waals surface area contributed by atoms with Crippen LogP contribution in [-0.4, -0.2) is 38.0 Å². The highest BCUT2D eigenvalue weighted by atomic mass is 28.4. The lowest BCUT2D eigenvalue weighted by Gasteiger charge is -2.38. The zero-order chi connectivity index (χ0) is 14.7. The van der Waals surface area contributed by atoms with Crippen LogP contribution in [0.4, 0.5) is 0 Å². The first kappa shape index (κ1) is 15.9. The lowest BCUT2D eigenvalue weighted by Crippen LogP contribution is -2.55. The first-order valence-electron chi connectivity index (χ1n) is 6.66. The summed E-state index contributed by atoms with van der Waals surface area (Å²) in [5.74, 6) is 0.0751. The van der Waals surface area contributed by atoms with Crippen molar-refractivity contribution >= 4 is 19.4 Å². The molecule has 0 aliphatic heterocycles. The van der Waals surface area contributed by atoms with E-state index in [0.717, 1.165) is 5.19 Å². The third kappa shape index (κ3) is 3.67. The minimum Gasteiger partial charge on any atom is -0.427 e. The molecule has 19 heavy (non-hydrogen) atoms. The molecule has 1 rings (SSSR count). The Morgan fingerprint density at radius 2 is 1.74 bits per heavy atom. The molecular formula is C15H25NO2Si. The molecule has 0 saturated carbocycles. The Morgan fingerprint density at radius 1 is 1.21 bits per heavy atom. The zero-order valence-electron chi connectivity index (χ0n) is 12.6. The predicted octanol–water partition coefficient (Wildman–Crippen LogP) is 2.11. The van der Waals surface area contributed by atoms with Crippen LogP contribution in [0, 0.1) is 0 Å². The Kier molecular flexibility index (Phi) is 4.93. The maximum absolute atomic E-state index is 11.8. The highest BCUT2D eigenvalue weighted by molar-refractivity contribution is 6.88. The number of carbonyl (C=O) groups is 1. The number of nitrogens with zero attached hydrogens (tertiary/aromatic N) is 1. The highest BCUT2D eigenvalue weighted by Crippen LogP contribution is 2.37. The lowest BCUT2D eigenvalue weighted by molar-refractivity contribution is -0.128. The fourth-order valence-electron chi connectivity index (χ4n) is 2.18. The molecule has 1 aromatic carbocycles. The summed E-state index contributed by atoms with van der Waals surface area (Å²) in [4.78, 5) is 24.6. The van der Waals surface area contributed by atoms with E-state index in [1.54, 1.807) is 19.0 Å². The van der Waals surface area contributed by atoms with Crippen molar-refractivity contribution in [3.05, 3.63) is 30.3 Å². The van der Waals surface area contributed by atoms with Gasteiger partial charge < -0.3 is 9.70 Å². The molecule has 106 valence electrons. The quantitative estimate of drug-likeness (QED) is 0.858. The third-order valence-corrected chi connectivity index (χ3v) is 8.44. The van der Waals surface area contributed by atoms with E-state index in [9.17, 15) is 9.59 Å². The van der Waals surface area contributed by atoms with E-state index in [4.69, 9.17) is 0 Å². The molecule has 0 radical (unpaired) electrons. The summed E-state index contributed by atoms with van der Waals surface area (Å²) in [7, 11) is 0.822. The van der Waals surface area contributed by atoms with Crippen LogP contribution in [0.1, 0.15) is 27.2 Å². The van der Waals surface area contributed by atoms with E-state index in [-0.39, 0.29) is 10.9 Å². The highest BCUT2D eigenvalue weighted by Gasteiger charge is 2.45. The van der Waals surface area contributed by atoms with Gasteiger partial charge in [-0.15, -0.1) is 0 Å². The fraction of sp³-hybridized carbons (Fsp3) is 0.533. The van der Waals surface area contributed by atoms with E-state index in [0.29, 0.717) is 12.5 Å². The summed E-state index contributed by atoms with van der Waals surface area (Å²) in [6.07, 6.45) is 0.405. The van der Waals surface area contributed by atoms with Crippen molar-refractivity contribution in [3.63, 3.8) is 0 Å². The van der Waals surface area contributed by atoms with Crippen molar-refractivity contribution in [3.8, 4) is 0 Å². The number of hydrogen-bond acceptors (Lipinski definition) is 2. The molecule has 0 aliphatic rings. The first-order valence-corrected chi connectivity index (χ1v) is 8.82. The molecule has 0 spiro atoms. The molecule has 1 unspecified atom stereocenters. The van der Waals surface area contributed by atoms with E-state index >= 15 is 0 Å². The van der Waals surface area contributed by atoms with Crippen LogP contribution in [0.15, 0.2) is 30.3 Å². The van der Waals surface area contributed by atoms with Gasteiger partial charge in [0.1, 0.15) is 0 Å². The molecule has 0 aromatic heterocycles. The summed E-state index contributed by atoms with van der Waals surface area (Å²) in [5.41, 5.74) is 0. The lowest BCUT2D eigenvalue weighted by atomic mass is 10.2. The van der Waals surface area contributed by atoms with Crippen molar-refractivity contribution in [2.24, 2.45) is 0 Å². The summed E-state index contributed by atoms with van der Waals surface area (Å²) in [6.45, 7) is 6.19. The Labute approximate surface area is 117 Å². The van der Waals surface area contributed by atoms with Gasteiger partial charge in [0, 0.05) is 20.5 Å². The van der Waals surface area contributed by atoms with Gasteiger partial charge in [-0.25, -0.2) is 0 Å². The van der Waals surface area contributed by atoms with Crippen LogP contribution in [0.2, 0.25) is 11.1 Å². The zero-order valence-corrected chi connectivity index (χ0v) is 13.6. The van der Waals surface area contributed by atoms with Crippen LogP contribution < -0.4 is 5.19 Å². The summed E-state index contributed by atoms with van der Waals surface area (Å²) in [6, 6.07) is 10.4. The Bertz CT molecular complexity index is 426. The Hall–Kier alpha value is -1.13. The van der Waals surface area contributed by atoms with Crippen molar-refractivity contribution in [1.29, 1.82) is 0 Å². The molecule has 3 nitrogen and oxygen atoms in total. The second kappa shape index (κ2) is 5.88. The van der Waals surface area contributed by atoms with Crippen LogP contribution in [0.5, 0.6) is 0 Å². The number of rotatable bonds is 4. The smallest absolute Gasteiger partial charge is 0.225 e. The second-order valence-electron chi connectivity index (χ2n) is 6.26. The van der Waals surface area contributed by atoms with Crippen molar-refractivity contribution in [2.45, 2.75) is 38.3 Å². The normalized spacial score (nSPS) is 14.8. The van der Waals surface area contributed by atoms with Crippen LogP contribution in [-0.2, 0) is 4.79 Å². The predicted molar refractivity (Wildman–Crippen MR) is 81.9 cm³/mol. The monoisotopic (exact) mass is 279 g/mol. The molecule has 0 fully saturated rings. The summed E-state index contributed by atoms with van der Waals surface area (Å²) < 4.78 is 0. The molecule has 1 aromatic rings. The molecule has 0 saturated heterocycles. The van der Waals surface area contributed by atoms with Gasteiger partial charge in [0.15, 0.2) is 0 Å². The van der Waals surface area contributed by atoms with Gasteiger partial charge in [-0.2, -0.15) is 0 Å². The van der Waals surface area contributed by atoms with Crippen molar-refractivity contribution in [2.75, 3.05) is 14.1 Å². The topological polar surface area (TPSA) is 40.5 Å². The Balaban J connectivity index is 2.99. The molecule has 0 bridgehead atoms. The average Bonchev–Trinajstić information content (AvgIpc) is 2.35. The minimum atomic E-state index is -2.68. The standard InChI is InChI=1S/C15H25NO2Si/c1-15(2,3)19(18,12-11-14(17)16(4)5)13-9-7-6-8-10-13/h6-10,18H,11-12H2,1-5H3. The summed E-state index contributed by atoms with van der Waals surface area (Å²) in [5, 5.41) is 0.815. The van der Waals surface area contributed by atoms with E-state index in [1.165, 1.54) is 0 Å².